The summed E-state index contributed by atoms with van der Waals surface area (Å²) < 4.78 is 5.20. The monoisotopic (exact) mass is 290 g/mol. The highest BCUT2D eigenvalue weighted by molar-refractivity contribution is 5.86. The third-order valence-electron chi connectivity index (χ3n) is 3.09. The van der Waals surface area contributed by atoms with Crippen LogP contribution in [0, 0.1) is 0 Å². The van der Waals surface area contributed by atoms with Crippen LogP contribution in [0.15, 0.2) is 33.9 Å². The van der Waals surface area contributed by atoms with Crippen molar-refractivity contribution in [3.8, 4) is 5.75 Å². The van der Waals surface area contributed by atoms with Gasteiger partial charge in [0.15, 0.2) is 0 Å². The highest BCUT2D eigenvalue weighted by Gasteiger charge is 2.16. The summed E-state index contributed by atoms with van der Waals surface area (Å²) in [5.74, 6) is -0.677. The van der Waals surface area contributed by atoms with Crippen molar-refractivity contribution in [1.29, 1.82) is 0 Å². The van der Waals surface area contributed by atoms with Crippen molar-refractivity contribution in [2.24, 2.45) is 0 Å². The first kappa shape index (κ1) is 14.6. The van der Waals surface area contributed by atoms with Gasteiger partial charge in [-0.15, -0.1) is 0 Å². The number of hydrogen-bond acceptors (Lipinski definition) is 4. The number of aryl methyl sites for hydroxylation is 1. The summed E-state index contributed by atoms with van der Waals surface area (Å²) in [7, 11) is 1.54. The summed E-state index contributed by atoms with van der Waals surface area (Å²) >= 11 is 0. The van der Waals surface area contributed by atoms with Crippen molar-refractivity contribution in [2.75, 3.05) is 7.11 Å². The van der Waals surface area contributed by atoms with Crippen molar-refractivity contribution in [3.63, 3.8) is 0 Å². The van der Waals surface area contributed by atoms with E-state index in [-0.39, 0.29) is 17.7 Å². The van der Waals surface area contributed by atoms with Crippen molar-refractivity contribution < 1.29 is 14.6 Å². The SMILES string of the molecule is COc1ccccc1CCc1c(C(=O)O)[nH]c(=O)[nH]c1=O. The molecule has 2 aromatic rings. The lowest BCUT2D eigenvalue weighted by molar-refractivity contribution is 0.0688. The molecule has 0 aliphatic heterocycles. The van der Waals surface area contributed by atoms with Crippen LogP contribution in [0.5, 0.6) is 5.75 Å². The van der Waals surface area contributed by atoms with Crippen LogP contribution < -0.4 is 16.0 Å². The Balaban J connectivity index is 2.34. The van der Waals surface area contributed by atoms with E-state index in [1.54, 1.807) is 6.07 Å². The molecule has 0 saturated carbocycles. The van der Waals surface area contributed by atoms with Crippen molar-refractivity contribution in [2.45, 2.75) is 12.8 Å². The molecule has 1 aromatic heterocycles. The van der Waals surface area contributed by atoms with Gasteiger partial charge in [0.1, 0.15) is 11.4 Å². The molecule has 0 fully saturated rings. The summed E-state index contributed by atoms with van der Waals surface area (Å²) in [5, 5.41) is 9.06. The van der Waals surface area contributed by atoms with E-state index in [4.69, 9.17) is 9.84 Å². The summed E-state index contributed by atoms with van der Waals surface area (Å²) in [5.41, 5.74) is -1.02. The van der Waals surface area contributed by atoms with Gasteiger partial charge in [0.2, 0.25) is 0 Å². The Kier molecular flexibility index (Phi) is 4.22. The number of aromatic amines is 2. The van der Waals surface area contributed by atoms with Gasteiger partial charge in [-0.2, -0.15) is 0 Å². The second kappa shape index (κ2) is 6.08. The van der Waals surface area contributed by atoms with E-state index in [2.05, 4.69) is 4.98 Å². The maximum Gasteiger partial charge on any atom is 0.352 e. The number of para-hydroxylation sites is 1. The van der Waals surface area contributed by atoms with Gasteiger partial charge >= 0.3 is 11.7 Å². The van der Waals surface area contributed by atoms with Gasteiger partial charge in [-0.1, -0.05) is 18.2 Å². The van der Waals surface area contributed by atoms with E-state index < -0.39 is 17.2 Å². The number of carbonyl (C=O) groups is 1. The first-order valence-electron chi connectivity index (χ1n) is 6.23. The molecular formula is C14H14N2O5. The molecule has 0 spiro atoms. The third-order valence-corrected chi connectivity index (χ3v) is 3.09. The third kappa shape index (κ3) is 3.19. The Hall–Kier alpha value is -2.83. The molecule has 3 N–H and O–H groups in total. The van der Waals surface area contributed by atoms with Gasteiger partial charge in [-0.05, 0) is 24.5 Å². The number of methoxy groups -OCH3 is 1. The maximum atomic E-state index is 11.8. The van der Waals surface area contributed by atoms with Crippen LogP contribution in [0.3, 0.4) is 0 Å². The van der Waals surface area contributed by atoms with E-state index in [1.807, 2.05) is 23.2 Å². The fraction of sp³-hybridized carbons (Fsp3) is 0.214. The molecule has 0 aliphatic carbocycles. The second-order valence-corrected chi connectivity index (χ2v) is 4.38. The van der Waals surface area contributed by atoms with Crippen LogP contribution in [-0.2, 0) is 12.8 Å². The van der Waals surface area contributed by atoms with Gasteiger partial charge in [-0.3, -0.25) is 9.78 Å². The molecule has 1 aromatic carbocycles. The largest absolute Gasteiger partial charge is 0.496 e. The predicted molar refractivity (Wildman–Crippen MR) is 75.0 cm³/mol. The van der Waals surface area contributed by atoms with E-state index >= 15 is 0 Å². The van der Waals surface area contributed by atoms with Crippen LogP contribution in [0.25, 0.3) is 0 Å². The molecular weight excluding hydrogens is 276 g/mol. The Morgan fingerprint density at radius 1 is 1.19 bits per heavy atom. The molecule has 0 saturated heterocycles. The number of nitrogens with one attached hydrogen (secondary N) is 2. The Morgan fingerprint density at radius 3 is 2.57 bits per heavy atom. The Morgan fingerprint density at radius 2 is 1.90 bits per heavy atom. The molecule has 0 radical (unpaired) electrons. The maximum absolute atomic E-state index is 11.8. The zero-order chi connectivity index (χ0) is 15.4. The zero-order valence-corrected chi connectivity index (χ0v) is 11.3. The lowest BCUT2D eigenvalue weighted by Gasteiger charge is -2.08. The van der Waals surface area contributed by atoms with Crippen molar-refractivity contribution in [1.82, 2.24) is 9.97 Å². The molecule has 110 valence electrons. The van der Waals surface area contributed by atoms with E-state index in [9.17, 15) is 14.4 Å². The molecule has 0 aliphatic rings. The van der Waals surface area contributed by atoms with Crippen molar-refractivity contribution >= 4 is 5.97 Å². The normalized spacial score (nSPS) is 10.3. The zero-order valence-electron chi connectivity index (χ0n) is 11.3. The topological polar surface area (TPSA) is 112 Å². The summed E-state index contributed by atoms with van der Waals surface area (Å²) in [6.07, 6.45) is 0.591. The first-order valence-corrected chi connectivity index (χ1v) is 6.23. The molecule has 7 nitrogen and oxygen atoms in total. The average molecular weight is 290 g/mol. The minimum Gasteiger partial charge on any atom is -0.496 e. The van der Waals surface area contributed by atoms with Crippen LogP contribution in [0.4, 0.5) is 0 Å². The molecule has 0 amide bonds. The minimum atomic E-state index is -1.34. The number of benzene rings is 1. The fourth-order valence-electron chi connectivity index (χ4n) is 2.10. The highest BCUT2D eigenvalue weighted by atomic mass is 16.5. The molecule has 7 heteroatoms. The van der Waals surface area contributed by atoms with Gasteiger partial charge in [0.25, 0.3) is 5.56 Å². The smallest absolute Gasteiger partial charge is 0.352 e. The van der Waals surface area contributed by atoms with Gasteiger partial charge in [-0.25, -0.2) is 9.59 Å². The number of H-pyrrole nitrogens is 2. The Labute approximate surface area is 119 Å². The summed E-state index contributed by atoms with van der Waals surface area (Å²) in [6.45, 7) is 0. The quantitative estimate of drug-likeness (QED) is 0.744. The van der Waals surface area contributed by atoms with Gasteiger partial charge in [0.05, 0.1) is 7.11 Å². The lowest BCUT2D eigenvalue weighted by Crippen LogP contribution is -2.30. The number of aromatic nitrogens is 2. The summed E-state index contributed by atoms with van der Waals surface area (Å²) in [4.78, 5) is 38.2. The van der Waals surface area contributed by atoms with E-state index in [1.165, 1.54) is 7.11 Å². The lowest BCUT2D eigenvalue weighted by atomic mass is 10.0. The number of carboxylic acid groups (broad SMARTS) is 1. The standard InChI is InChI=1S/C14H14N2O5/c1-21-10-5-3-2-4-8(10)6-7-9-11(13(18)19)15-14(20)16-12(9)17/h2-5H,6-7H2,1H3,(H,18,19)(H2,15,16,17,20). The minimum absolute atomic E-state index is 0.0352. The van der Waals surface area contributed by atoms with Crippen LogP contribution in [0.1, 0.15) is 21.6 Å². The Bertz CT molecular complexity index is 775. The van der Waals surface area contributed by atoms with Crippen LogP contribution >= 0.6 is 0 Å². The second-order valence-electron chi connectivity index (χ2n) is 4.38. The highest BCUT2D eigenvalue weighted by Crippen LogP contribution is 2.19. The molecule has 2 rings (SSSR count). The molecule has 21 heavy (non-hydrogen) atoms. The first-order chi connectivity index (χ1) is 10.0. The van der Waals surface area contributed by atoms with Crippen molar-refractivity contribution in [3.05, 3.63) is 61.9 Å². The molecule has 0 bridgehead atoms. The van der Waals surface area contributed by atoms with Crippen LogP contribution in [0.2, 0.25) is 0 Å². The number of carboxylic acids is 1. The average Bonchev–Trinajstić information content (AvgIpc) is 2.45. The number of aromatic carboxylic acids is 1. The number of rotatable bonds is 5. The fourth-order valence-corrected chi connectivity index (χ4v) is 2.10. The number of hydrogen-bond donors (Lipinski definition) is 3. The van der Waals surface area contributed by atoms with Gasteiger partial charge in [0, 0.05) is 5.56 Å². The predicted octanol–water partition coefficient (Wildman–Crippen LogP) is 0.555. The van der Waals surface area contributed by atoms with Crippen LogP contribution in [-0.4, -0.2) is 28.2 Å². The van der Waals surface area contributed by atoms with Gasteiger partial charge < -0.3 is 14.8 Å². The molecule has 1 heterocycles. The number of ether oxygens (including phenoxy) is 1. The summed E-state index contributed by atoms with van der Waals surface area (Å²) in [6, 6.07) is 7.26. The van der Waals surface area contributed by atoms with E-state index in [0.29, 0.717) is 12.2 Å². The molecule has 0 atom stereocenters. The van der Waals surface area contributed by atoms with E-state index in [0.717, 1.165) is 5.56 Å². The molecule has 0 unspecified atom stereocenters.